The molecule has 0 unspecified atom stereocenters. The highest BCUT2D eigenvalue weighted by molar-refractivity contribution is 7.10. The van der Waals surface area contributed by atoms with E-state index in [1.807, 2.05) is 70.7 Å². The van der Waals surface area contributed by atoms with E-state index in [0.717, 1.165) is 17.7 Å². The lowest BCUT2D eigenvalue weighted by molar-refractivity contribution is -0.147. The van der Waals surface area contributed by atoms with Gasteiger partial charge in [0.15, 0.2) is 0 Å². The molecule has 3 rings (SSSR count). The van der Waals surface area contributed by atoms with Crippen molar-refractivity contribution in [3.63, 3.8) is 0 Å². The van der Waals surface area contributed by atoms with Crippen LogP contribution in [-0.2, 0) is 16.0 Å². The molecule has 0 saturated carbocycles. The van der Waals surface area contributed by atoms with Gasteiger partial charge in [-0.2, -0.15) is 0 Å². The predicted molar refractivity (Wildman–Crippen MR) is 130 cm³/mol. The summed E-state index contributed by atoms with van der Waals surface area (Å²) in [7, 11) is 0. The van der Waals surface area contributed by atoms with Gasteiger partial charge in [-0.25, -0.2) is 0 Å². The lowest BCUT2D eigenvalue weighted by atomic mass is 9.99. The molecule has 6 heteroatoms. The van der Waals surface area contributed by atoms with Crippen molar-refractivity contribution in [2.24, 2.45) is 5.92 Å². The maximum absolute atomic E-state index is 13.5. The van der Waals surface area contributed by atoms with Gasteiger partial charge in [-0.1, -0.05) is 31.5 Å². The fourth-order valence-corrected chi connectivity index (χ4v) is 5.00. The number of nitrogens with zero attached hydrogens (tertiary/aromatic N) is 2. The summed E-state index contributed by atoms with van der Waals surface area (Å²) in [6.07, 6.45) is 1.29. The van der Waals surface area contributed by atoms with Gasteiger partial charge in [0.05, 0.1) is 6.04 Å². The number of hydrogen-bond acceptors (Lipinski definition) is 4. The summed E-state index contributed by atoms with van der Waals surface area (Å²) in [6.45, 7) is 13.2. The smallest absolute Gasteiger partial charge is 0.242 e. The molecule has 2 heterocycles. The van der Waals surface area contributed by atoms with Crippen molar-refractivity contribution in [1.82, 2.24) is 9.80 Å². The fraction of sp³-hybridized carbons (Fsp3) is 0.538. The average Bonchev–Trinajstić information content (AvgIpc) is 3.18. The maximum atomic E-state index is 13.5. The molecule has 1 atom stereocenters. The Bertz CT molecular complexity index is 927. The summed E-state index contributed by atoms with van der Waals surface area (Å²) in [5.74, 6) is 1.06. The molecule has 2 aromatic rings. The monoisotopic (exact) mass is 456 g/mol. The highest BCUT2D eigenvalue weighted by Gasteiger charge is 2.35. The zero-order valence-corrected chi connectivity index (χ0v) is 21.0. The molecule has 1 aromatic carbocycles. The second kappa shape index (κ2) is 10.1. The van der Waals surface area contributed by atoms with Gasteiger partial charge >= 0.3 is 0 Å². The van der Waals surface area contributed by atoms with Gasteiger partial charge in [0.25, 0.3) is 0 Å². The molecule has 5 nitrogen and oxygen atoms in total. The summed E-state index contributed by atoms with van der Waals surface area (Å²) in [5, 5.41) is 2.09. The first-order valence-electron chi connectivity index (χ1n) is 11.4. The first-order chi connectivity index (χ1) is 15.1. The van der Waals surface area contributed by atoms with Crippen LogP contribution in [0.25, 0.3) is 0 Å². The Morgan fingerprint density at radius 2 is 1.88 bits per heavy atom. The third-order valence-electron chi connectivity index (χ3n) is 5.83. The van der Waals surface area contributed by atoms with Crippen molar-refractivity contribution in [2.45, 2.75) is 66.0 Å². The predicted octanol–water partition coefficient (Wildman–Crippen LogP) is 5.23. The van der Waals surface area contributed by atoms with Crippen LogP contribution < -0.4 is 4.74 Å². The second-order valence-corrected chi connectivity index (χ2v) is 11.0. The number of benzene rings is 1. The van der Waals surface area contributed by atoms with Crippen molar-refractivity contribution in [1.29, 1.82) is 0 Å². The Balaban J connectivity index is 1.79. The molecule has 1 aliphatic rings. The molecule has 2 amide bonds. The normalized spacial score (nSPS) is 16.1. The number of ether oxygens (including phenoxy) is 1. The van der Waals surface area contributed by atoms with Crippen LogP contribution >= 0.6 is 11.3 Å². The van der Waals surface area contributed by atoms with Crippen LogP contribution in [0.4, 0.5) is 0 Å². The van der Waals surface area contributed by atoms with Crippen molar-refractivity contribution in [3.8, 4) is 5.75 Å². The number of aryl methyl sites for hydroxylation is 1. The van der Waals surface area contributed by atoms with Crippen molar-refractivity contribution in [2.75, 3.05) is 19.7 Å². The summed E-state index contributed by atoms with van der Waals surface area (Å²) in [5.41, 5.74) is 1.93. The number of thiophene rings is 1. The van der Waals surface area contributed by atoms with Gasteiger partial charge in [0.2, 0.25) is 11.8 Å². The van der Waals surface area contributed by atoms with Gasteiger partial charge in [0, 0.05) is 23.4 Å². The maximum Gasteiger partial charge on any atom is 0.242 e. The summed E-state index contributed by atoms with van der Waals surface area (Å²) < 4.78 is 6.11. The van der Waals surface area contributed by atoms with Crippen LogP contribution in [0.2, 0.25) is 0 Å². The van der Waals surface area contributed by atoms with E-state index >= 15 is 0 Å². The minimum atomic E-state index is -0.418. The second-order valence-electron chi connectivity index (χ2n) is 10.0. The Kier molecular flexibility index (Phi) is 7.65. The highest BCUT2D eigenvalue weighted by Crippen LogP contribution is 2.34. The van der Waals surface area contributed by atoms with Gasteiger partial charge in [0.1, 0.15) is 18.9 Å². The van der Waals surface area contributed by atoms with E-state index in [2.05, 4.69) is 11.4 Å². The average molecular weight is 457 g/mol. The molecule has 0 spiro atoms. The van der Waals surface area contributed by atoms with Gasteiger partial charge in [-0.05, 0) is 69.2 Å². The van der Waals surface area contributed by atoms with Crippen molar-refractivity contribution >= 4 is 23.2 Å². The van der Waals surface area contributed by atoms with Crippen LogP contribution in [0.3, 0.4) is 0 Å². The molecule has 1 aromatic heterocycles. The zero-order chi connectivity index (χ0) is 23.5. The van der Waals surface area contributed by atoms with Crippen LogP contribution in [0, 0.1) is 12.8 Å². The van der Waals surface area contributed by atoms with E-state index in [1.165, 1.54) is 10.4 Å². The summed E-state index contributed by atoms with van der Waals surface area (Å²) in [4.78, 5) is 31.4. The first kappa shape index (κ1) is 24.3. The van der Waals surface area contributed by atoms with Crippen LogP contribution in [0.5, 0.6) is 5.75 Å². The molecule has 0 aliphatic carbocycles. The molecule has 0 saturated heterocycles. The third-order valence-corrected chi connectivity index (χ3v) is 6.83. The topological polar surface area (TPSA) is 49.9 Å². The molecule has 32 heavy (non-hydrogen) atoms. The van der Waals surface area contributed by atoms with Crippen LogP contribution in [0.15, 0.2) is 35.7 Å². The van der Waals surface area contributed by atoms with Crippen molar-refractivity contribution < 1.29 is 14.3 Å². The Hall–Kier alpha value is -2.34. The molecular formula is C26H36N2O3S. The number of fused-ring (bicyclic) bond motifs is 1. The summed E-state index contributed by atoms with van der Waals surface area (Å²) in [6, 6.07) is 9.93. The van der Waals surface area contributed by atoms with Crippen molar-refractivity contribution in [3.05, 3.63) is 51.7 Å². The number of carbonyl (C=O) groups is 2. The molecular weight excluding hydrogens is 420 g/mol. The van der Waals surface area contributed by atoms with E-state index in [9.17, 15) is 9.59 Å². The third kappa shape index (κ3) is 5.91. The Morgan fingerprint density at radius 1 is 1.19 bits per heavy atom. The minimum Gasteiger partial charge on any atom is -0.491 e. The first-order valence-corrected chi connectivity index (χ1v) is 12.3. The Morgan fingerprint density at radius 3 is 2.50 bits per heavy atom. The van der Waals surface area contributed by atoms with Gasteiger partial charge in [-0.3, -0.25) is 9.59 Å². The number of carbonyl (C=O) groups excluding carboxylic acids is 2. The van der Waals surface area contributed by atoms with Gasteiger partial charge in [-0.15, -0.1) is 11.3 Å². The van der Waals surface area contributed by atoms with Crippen LogP contribution in [0.1, 0.15) is 63.1 Å². The summed E-state index contributed by atoms with van der Waals surface area (Å²) >= 11 is 1.74. The minimum absolute atomic E-state index is 0.0219. The molecule has 0 fully saturated rings. The molecule has 0 bridgehead atoms. The number of hydrogen-bond donors (Lipinski definition) is 0. The number of rotatable bonds is 7. The van der Waals surface area contributed by atoms with E-state index in [1.54, 1.807) is 16.2 Å². The van der Waals surface area contributed by atoms with Crippen LogP contribution in [-0.4, -0.2) is 46.8 Å². The van der Waals surface area contributed by atoms with E-state index in [4.69, 9.17) is 4.74 Å². The molecule has 174 valence electrons. The SMILES string of the molecule is Cc1ccc(OC[C@H]2c3ccsc3CCN2C(=O)CN(C(=O)CC(C)C)C(C)(C)C)cc1. The lowest BCUT2D eigenvalue weighted by Crippen LogP contribution is -2.53. The molecule has 0 radical (unpaired) electrons. The fourth-order valence-electron chi connectivity index (χ4n) is 4.07. The van der Waals surface area contributed by atoms with E-state index in [-0.39, 0.29) is 30.3 Å². The zero-order valence-electron chi connectivity index (χ0n) is 20.2. The Labute approximate surface area is 196 Å². The quantitative estimate of drug-likeness (QED) is 0.573. The molecule has 1 aliphatic heterocycles. The lowest BCUT2D eigenvalue weighted by Gasteiger charge is -2.40. The van der Waals surface area contributed by atoms with Gasteiger partial charge < -0.3 is 14.5 Å². The van der Waals surface area contributed by atoms with E-state index < -0.39 is 5.54 Å². The highest BCUT2D eigenvalue weighted by atomic mass is 32.1. The molecule has 0 N–H and O–H groups in total. The van der Waals surface area contributed by atoms with E-state index in [0.29, 0.717) is 19.6 Å². The largest absolute Gasteiger partial charge is 0.491 e. The number of amides is 2. The standard InChI is InChI=1S/C26H36N2O3S/c1-18(2)15-24(29)28(26(4,5)6)16-25(30)27-13-11-23-21(12-14-32-23)22(27)17-31-20-9-7-19(3)8-10-20/h7-10,12,14,18,22H,11,13,15-17H2,1-6H3/t22-/m0/s1.